The van der Waals surface area contributed by atoms with E-state index in [1.54, 1.807) is 6.92 Å². The number of hydrogen-bond acceptors (Lipinski definition) is 6. The minimum absolute atomic E-state index is 0.0363. The van der Waals surface area contributed by atoms with Gasteiger partial charge in [-0.2, -0.15) is 9.97 Å². The predicted octanol–water partition coefficient (Wildman–Crippen LogP) is 2.15. The number of aromatic nitrogens is 3. The third-order valence-corrected chi connectivity index (χ3v) is 1.18. The van der Waals surface area contributed by atoms with Crippen molar-refractivity contribution in [3.8, 4) is 12.0 Å². The van der Waals surface area contributed by atoms with Crippen LogP contribution in [0.3, 0.4) is 0 Å². The van der Waals surface area contributed by atoms with E-state index in [0.717, 1.165) is 0 Å². The fraction of sp³-hybridized carbons (Fsp3) is 0.167. The maximum Gasteiger partial charge on any atom is 0.238 e. The number of anilines is 1. The van der Waals surface area contributed by atoms with E-state index < -0.39 is 0 Å². The highest BCUT2D eigenvalue weighted by Gasteiger charge is 2.02. The molecule has 0 atom stereocenters. The van der Waals surface area contributed by atoms with Crippen molar-refractivity contribution in [3.63, 3.8) is 0 Å². The van der Waals surface area contributed by atoms with Crippen molar-refractivity contribution in [2.45, 2.75) is 6.92 Å². The third kappa shape index (κ3) is 3.04. The minimum atomic E-state index is -0.208. The highest BCUT2D eigenvalue weighted by Crippen LogP contribution is 2.13. The molecule has 0 aromatic carbocycles. The Morgan fingerprint density at radius 2 is 1.69 bits per heavy atom. The van der Waals surface area contributed by atoms with E-state index in [0.29, 0.717) is 0 Å². The smallest absolute Gasteiger partial charge is 0.238 e. The Bertz CT molecular complexity index is 502. The molecule has 10 nitrogen and oxygen atoms in total. The van der Waals surface area contributed by atoms with Gasteiger partial charge in [0.25, 0.3) is 0 Å². The Morgan fingerprint density at radius 3 is 2.12 bits per heavy atom. The quantitative estimate of drug-likeness (QED) is 0.270. The molecular formula is C6H4N10. The van der Waals surface area contributed by atoms with Crippen LogP contribution >= 0.6 is 0 Å². The first-order chi connectivity index (χ1) is 7.80. The van der Waals surface area contributed by atoms with Crippen molar-refractivity contribution in [2.75, 3.05) is 5.32 Å². The van der Waals surface area contributed by atoms with E-state index >= 15 is 0 Å². The molecule has 0 fully saturated rings. The van der Waals surface area contributed by atoms with Crippen LogP contribution in [0.4, 0.5) is 17.8 Å². The Hall–Kier alpha value is -3.01. The van der Waals surface area contributed by atoms with Gasteiger partial charge in [0.1, 0.15) is 0 Å². The Balaban J connectivity index is 3.20. The van der Waals surface area contributed by atoms with Gasteiger partial charge in [0.05, 0.1) is 0 Å². The molecule has 1 aromatic rings. The second-order valence-corrected chi connectivity index (χ2v) is 2.14. The van der Waals surface area contributed by atoms with Crippen LogP contribution in [-0.4, -0.2) is 15.0 Å². The highest BCUT2D eigenvalue weighted by atomic mass is 15.3. The summed E-state index contributed by atoms with van der Waals surface area (Å²) >= 11 is 0. The molecule has 10 heteroatoms. The average molecular weight is 216 g/mol. The minimum Gasteiger partial charge on any atom is -0.283 e. The van der Waals surface area contributed by atoms with E-state index in [1.165, 1.54) is 0 Å². The van der Waals surface area contributed by atoms with Crippen LogP contribution in [-0.2, 0) is 0 Å². The highest BCUT2D eigenvalue weighted by molar-refractivity contribution is 5.40. The molecular weight excluding hydrogens is 212 g/mol. The molecule has 0 saturated heterocycles. The summed E-state index contributed by atoms with van der Waals surface area (Å²) in [5, 5.41) is 8.83. The summed E-state index contributed by atoms with van der Waals surface area (Å²) in [6, 6.07) is 2.48. The van der Waals surface area contributed by atoms with Crippen LogP contribution in [0.15, 0.2) is 10.2 Å². The van der Waals surface area contributed by atoms with Gasteiger partial charge in [0.15, 0.2) is 0 Å². The fourth-order valence-electron chi connectivity index (χ4n) is 0.698. The second-order valence-electron chi connectivity index (χ2n) is 2.14. The van der Waals surface area contributed by atoms with E-state index in [2.05, 4.69) is 52.3 Å². The molecule has 0 radical (unpaired) electrons. The lowest BCUT2D eigenvalue weighted by molar-refractivity contribution is 1.02. The first-order valence-electron chi connectivity index (χ1n) is 3.84. The number of nitrogens with zero attached hydrogens (tertiary/aromatic N) is 9. The van der Waals surface area contributed by atoms with Crippen LogP contribution in [0.25, 0.3) is 20.9 Å². The molecule has 0 unspecified atom stereocenters. The summed E-state index contributed by atoms with van der Waals surface area (Å²) in [5.41, 5.74) is 16.4. The summed E-state index contributed by atoms with van der Waals surface area (Å²) in [7, 11) is 0. The Kier molecular flexibility index (Phi) is 3.92. The SMILES string of the molecule is CC#CNc1nc(N=[N+]=[N-])nc(N=[N+]=[N-])n1. The summed E-state index contributed by atoms with van der Waals surface area (Å²) in [4.78, 5) is 16.0. The van der Waals surface area contributed by atoms with E-state index in [1.807, 2.05) is 0 Å². The first kappa shape index (κ1) is 11.1. The number of nitrogens with one attached hydrogen (secondary N) is 1. The molecule has 0 amide bonds. The maximum atomic E-state index is 8.21. The van der Waals surface area contributed by atoms with Crippen molar-refractivity contribution in [1.82, 2.24) is 15.0 Å². The van der Waals surface area contributed by atoms with Gasteiger partial charge >= 0.3 is 0 Å². The fourth-order valence-corrected chi connectivity index (χ4v) is 0.698. The molecule has 0 saturated carbocycles. The lowest BCUT2D eigenvalue weighted by atomic mass is 10.7. The Labute approximate surface area is 89.0 Å². The molecule has 0 bridgehead atoms. The van der Waals surface area contributed by atoms with Gasteiger partial charge in [0.2, 0.25) is 17.8 Å². The molecule has 78 valence electrons. The average Bonchev–Trinajstić information content (AvgIpc) is 2.27. The third-order valence-electron chi connectivity index (χ3n) is 1.18. The zero-order chi connectivity index (χ0) is 11.8. The molecule has 1 heterocycles. The molecule has 16 heavy (non-hydrogen) atoms. The van der Waals surface area contributed by atoms with Crippen molar-refractivity contribution in [2.24, 2.45) is 10.2 Å². The molecule has 0 aliphatic carbocycles. The summed E-state index contributed by atoms with van der Waals surface area (Å²) < 4.78 is 0. The normalized spacial score (nSPS) is 7.81. The van der Waals surface area contributed by atoms with Crippen LogP contribution in [0, 0.1) is 12.0 Å². The van der Waals surface area contributed by atoms with Crippen LogP contribution in [0.5, 0.6) is 0 Å². The summed E-state index contributed by atoms with van der Waals surface area (Å²) in [6.07, 6.45) is 0. The summed E-state index contributed by atoms with van der Waals surface area (Å²) in [6.45, 7) is 1.61. The molecule has 1 aromatic heterocycles. The number of hydrogen-bond donors (Lipinski definition) is 1. The summed E-state index contributed by atoms with van der Waals surface area (Å²) in [5.74, 6) is 2.17. The predicted molar refractivity (Wildman–Crippen MR) is 54.5 cm³/mol. The van der Waals surface area contributed by atoms with Gasteiger partial charge < -0.3 is 0 Å². The second kappa shape index (κ2) is 5.66. The Morgan fingerprint density at radius 1 is 1.12 bits per heavy atom. The topological polar surface area (TPSA) is 148 Å². The van der Waals surface area contributed by atoms with Crippen LogP contribution in [0.2, 0.25) is 0 Å². The number of azide groups is 2. The molecule has 0 spiro atoms. The van der Waals surface area contributed by atoms with Gasteiger partial charge in [-0.05, 0) is 28.2 Å². The molecule has 1 rings (SSSR count). The zero-order valence-corrected chi connectivity index (χ0v) is 8.02. The van der Waals surface area contributed by atoms with Gasteiger partial charge in [-0.25, -0.2) is 4.98 Å². The zero-order valence-electron chi connectivity index (χ0n) is 8.02. The largest absolute Gasteiger partial charge is 0.283 e. The number of rotatable bonds is 3. The van der Waals surface area contributed by atoms with Crippen LogP contribution in [0.1, 0.15) is 6.92 Å². The van der Waals surface area contributed by atoms with E-state index in [-0.39, 0.29) is 17.8 Å². The maximum absolute atomic E-state index is 8.21. The van der Waals surface area contributed by atoms with Gasteiger partial charge in [-0.3, -0.25) is 5.32 Å². The van der Waals surface area contributed by atoms with Gasteiger partial charge in [-0.1, -0.05) is 5.92 Å². The van der Waals surface area contributed by atoms with E-state index in [4.69, 9.17) is 11.1 Å². The van der Waals surface area contributed by atoms with Crippen molar-refractivity contribution in [3.05, 3.63) is 20.9 Å². The van der Waals surface area contributed by atoms with Gasteiger partial charge in [0, 0.05) is 15.9 Å². The van der Waals surface area contributed by atoms with Crippen molar-refractivity contribution >= 4 is 17.8 Å². The monoisotopic (exact) mass is 216 g/mol. The molecule has 0 aliphatic rings. The molecule has 0 aliphatic heterocycles. The van der Waals surface area contributed by atoms with Crippen molar-refractivity contribution < 1.29 is 0 Å². The first-order valence-corrected chi connectivity index (χ1v) is 3.84. The van der Waals surface area contributed by atoms with Crippen molar-refractivity contribution in [1.29, 1.82) is 0 Å². The van der Waals surface area contributed by atoms with Crippen LogP contribution < -0.4 is 5.32 Å². The standard InChI is InChI=1S/C6H4N10/c1-2-3-9-4-10-5(13-15-7)12-6(11-4)14-16-8/h1H3,(H,9,10,11,12). The van der Waals surface area contributed by atoms with E-state index in [9.17, 15) is 0 Å². The lowest BCUT2D eigenvalue weighted by Gasteiger charge is -1.98. The molecule has 1 N–H and O–H groups in total. The van der Waals surface area contributed by atoms with Gasteiger partial charge in [-0.15, -0.1) is 0 Å². The lowest BCUT2D eigenvalue weighted by Crippen LogP contribution is -1.97.